The van der Waals surface area contributed by atoms with E-state index >= 15 is 0 Å². The van der Waals surface area contributed by atoms with Crippen molar-refractivity contribution in [3.05, 3.63) is 30.3 Å². The molecule has 1 aromatic rings. The third kappa shape index (κ3) is 4.00. The lowest BCUT2D eigenvalue weighted by atomic mass is 10.0. The van der Waals surface area contributed by atoms with Crippen molar-refractivity contribution in [3.63, 3.8) is 0 Å². The Morgan fingerprint density at radius 1 is 1.14 bits per heavy atom. The van der Waals surface area contributed by atoms with Crippen LogP contribution >= 0.6 is 11.8 Å². The molecule has 0 N–H and O–H groups in total. The molecule has 0 spiro atoms. The number of hydrogen-bond acceptors (Lipinski definition) is 5. The van der Waals surface area contributed by atoms with Gasteiger partial charge < -0.3 is 9.47 Å². The van der Waals surface area contributed by atoms with E-state index in [1.165, 1.54) is 11.8 Å². The number of rotatable bonds is 5. The van der Waals surface area contributed by atoms with Crippen LogP contribution in [0.3, 0.4) is 0 Å². The van der Waals surface area contributed by atoms with Crippen LogP contribution in [0.4, 0.5) is 0 Å². The first kappa shape index (κ1) is 15.9. The van der Waals surface area contributed by atoms with Crippen molar-refractivity contribution >= 4 is 23.7 Å². The third-order valence-corrected chi connectivity index (χ3v) is 4.53. The van der Waals surface area contributed by atoms with Crippen LogP contribution in [0.25, 0.3) is 0 Å². The highest BCUT2D eigenvalue weighted by Gasteiger charge is 2.47. The van der Waals surface area contributed by atoms with Crippen molar-refractivity contribution in [2.75, 3.05) is 0 Å². The molecular weight excluding hydrogens is 288 g/mol. The van der Waals surface area contributed by atoms with Crippen LogP contribution in [0.15, 0.2) is 35.2 Å². The third-order valence-electron chi connectivity index (χ3n) is 3.18. The molecule has 0 radical (unpaired) electrons. The first-order valence-corrected chi connectivity index (χ1v) is 7.98. The Morgan fingerprint density at radius 3 is 2.24 bits per heavy atom. The minimum Gasteiger partial charge on any atom is -0.422 e. The summed E-state index contributed by atoms with van der Waals surface area (Å²) in [5, 5.41) is -0.173. The van der Waals surface area contributed by atoms with Gasteiger partial charge in [-0.15, -0.1) is 11.8 Å². The van der Waals surface area contributed by atoms with Crippen LogP contribution < -0.4 is 0 Å². The summed E-state index contributed by atoms with van der Waals surface area (Å²) in [6.45, 7) is 5.17. The molecular formula is C16H20O4S. The molecule has 0 amide bonds. The predicted octanol–water partition coefficient (Wildman–Crippen LogP) is 3.40. The first-order valence-electron chi connectivity index (χ1n) is 7.10. The van der Waals surface area contributed by atoms with E-state index in [1.54, 1.807) is 13.8 Å². The molecule has 1 heterocycles. The maximum atomic E-state index is 12.2. The molecule has 0 aliphatic carbocycles. The highest BCUT2D eigenvalue weighted by atomic mass is 32.2. The molecule has 0 bridgehead atoms. The summed E-state index contributed by atoms with van der Waals surface area (Å²) < 4.78 is 10.5. The van der Waals surface area contributed by atoms with Crippen LogP contribution in [-0.2, 0) is 19.1 Å². The van der Waals surface area contributed by atoms with Gasteiger partial charge in [0.15, 0.2) is 5.92 Å². The van der Waals surface area contributed by atoms with Gasteiger partial charge in [0.25, 0.3) is 5.79 Å². The average molecular weight is 308 g/mol. The molecule has 1 aliphatic heterocycles. The molecule has 0 saturated carbocycles. The van der Waals surface area contributed by atoms with E-state index in [1.807, 2.05) is 37.3 Å². The normalized spacial score (nSPS) is 19.8. The Hall–Kier alpha value is -1.49. The Labute approximate surface area is 129 Å². The Balaban J connectivity index is 2.17. The van der Waals surface area contributed by atoms with E-state index < -0.39 is 23.6 Å². The van der Waals surface area contributed by atoms with Crippen LogP contribution in [0.1, 0.15) is 33.6 Å². The molecule has 21 heavy (non-hydrogen) atoms. The van der Waals surface area contributed by atoms with Gasteiger partial charge in [-0.3, -0.25) is 9.59 Å². The van der Waals surface area contributed by atoms with E-state index in [9.17, 15) is 9.59 Å². The SMILES string of the molecule is CCCC(Sc1ccccc1)C1C(=O)OC(C)(C)OC1=O. The Morgan fingerprint density at radius 2 is 1.71 bits per heavy atom. The van der Waals surface area contributed by atoms with Gasteiger partial charge in [0.2, 0.25) is 0 Å². The van der Waals surface area contributed by atoms with Gasteiger partial charge in [-0.05, 0) is 18.6 Å². The topological polar surface area (TPSA) is 52.6 Å². The molecule has 1 saturated heterocycles. The molecule has 5 heteroatoms. The van der Waals surface area contributed by atoms with E-state index in [4.69, 9.17) is 9.47 Å². The second kappa shape index (κ2) is 6.52. The van der Waals surface area contributed by atoms with E-state index in [0.29, 0.717) is 0 Å². The fourth-order valence-electron chi connectivity index (χ4n) is 2.28. The molecule has 114 valence electrons. The predicted molar refractivity (Wildman–Crippen MR) is 80.7 cm³/mol. The quantitative estimate of drug-likeness (QED) is 0.474. The van der Waals surface area contributed by atoms with Gasteiger partial charge in [0.1, 0.15) is 0 Å². The highest BCUT2D eigenvalue weighted by Crippen LogP contribution is 2.36. The van der Waals surface area contributed by atoms with Crippen molar-refractivity contribution in [3.8, 4) is 0 Å². The fraction of sp³-hybridized carbons (Fsp3) is 0.500. The zero-order chi connectivity index (χ0) is 15.5. The lowest BCUT2D eigenvalue weighted by molar-refractivity contribution is -0.239. The van der Waals surface area contributed by atoms with Crippen molar-refractivity contribution in [2.24, 2.45) is 5.92 Å². The number of esters is 2. The van der Waals surface area contributed by atoms with Crippen molar-refractivity contribution in [2.45, 2.75) is 49.5 Å². The van der Waals surface area contributed by atoms with Crippen LogP contribution in [0.2, 0.25) is 0 Å². The molecule has 0 aromatic heterocycles. The molecule has 1 atom stereocenters. The van der Waals surface area contributed by atoms with Gasteiger partial charge in [-0.1, -0.05) is 31.5 Å². The van der Waals surface area contributed by atoms with Gasteiger partial charge in [-0.25, -0.2) is 0 Å². The van der Waals surface area contributed by atoms with Gasteiger partial charge in [0.05, 0.1) is 0 Å². The number of cyclic esters (lactones) is 2. The summed E-state index contributed by atoms with van der Waals surface area (Å²) >= 11 is 1.53. The summed E-state index contributed by atoms with van der Waals surface area (Å²) in [5.41, 5.74) is 0. The van der Waals surface area contributed by atoms with E-state index in [0.717, 1.165) is 17.7 Å². The van der Waals surface area contributed by atoms with Gasteiger partial charge in [-0.2, -0.15) is 0 Å². The monoisotopic (exact) mass is 308 g/mol. The summed E-state index contributed by atoms with van der Waals surface area (Å²) in [5.74, 6) is -3.00. The minimum absolute atomic E-state index is 0.173. The van der Waals surface area contributed by atoms with E-state index in [-0.39, 0.29) is 5.25 Å². The number of carbonyl (C=O) groups is 2. The van der Waals surface area contributed by atoms with Gasteiger partial charge >= 0.3 is 11.9 Å². The molecule has 1 aromatic carbocycles. The van der Waals surface area contributed by atoms with E-state index in [2.05, 4.69) is 0 Å². The second-order valence-corrected chi connectivity index (χ2v) is 6.79. The summed E-state index contributed by atoms with van der Waals surface area (Å²) in [6, 6.07) is 9.75. The molecule has 1 aliphatic rings. The lowest BCUT2D eigenvalue weighted by Gasteiger charge is -2.35. The maximum absolute atomic E-state index is 12.2. The van der Waals surface area contributed by atoms with Crippen LogP contribution in [-0.4, -0.2) is 23.0 Å². The lowest BCUT2D eigenvalue weighted by Crippen LogP contribution is -2.49. The smallest absolute Gasteiger partial charge is 0.324 e. The molecule has 2 rings (SSSR count). The minimum atomic E-state index is -1.17. The van der Waals surface area contributed by atoms with Crippen LogP contribution in [0.5, 0.6) is 0 Å². The Kier molecular flexibility index (Phi) is 4.93. The summed E-state index contributed by atoms with van der Waals surface area (Å²) in [7, 11) is 0. The van der Waals surface area contributed by atoms with Crippen LogP contribution in [0, 0.1) is 5.92 Å². The summed E-state index contributed by atoms with van der Waals surface area (Å²) in [4.78, 5) is 25.4. The standard InChI is InChI=1S/C16H20O4S/c1-4-8-12(21-11-9-6-5-7-10-11)13-14(17)19-16(2,3)20-15(13)18/h5-7,9-10,12-13H,4,8H2,1-3H3. The molecule has 1 fully saturated rings. The molecule has 4 nitrogen and oxygen atoms in total. The summed E-state index contributed by atoms with van der Waals surface area (Å²) in [6.07, 6.45) is 1.62. The number of ether oxygens (including phenoxy) is 2. The van der Waals surface area contributed by atoms with Gasteiger partial charge in [0, 0.05) is 24.0 Å². The van der Waals surface area contributed by atoms with Crippen molar-refractivity contribution in [1.82, 2.24) is 0 Å². The Bertz CT molecular complexity index is 492. The zero-order valence-electron chi connectivity index (χ0n) is 12.5. The van der Waals surface area contributed by atoms with Crippen molar-refractivity contribution in [1.29, 1.82) is 0 Å². The number of thioether (sulfide) groups is 1. The highest BCUT2D eigenvalue weighted by molar-refractivity contribution is 8.00. The second-order valence-electron chi connectivity index (χ2n) is 5.48. The first-order chi connectivity index (χ1) is 9.93. The number of benzene rings is 1. The number of carbonyl (C=O) groups excluding carboxylic acids is 2. The average Bonchev–Trinajstić information content (AvgIpc) is 2.37. The molecule has 1 unspecified atom stereocenters. The maximum Gasteiger partial charge on any atom is 0.324 e. The zero-order valence-corrected chi connectivity index (χ0v) is 13.3. The fourth-order valence-corrected chi connectivity index (χ4v) is 3.66. The number of hydrogen-bond donors (Lipinski definition) is 0. The largest absolute Gasteiger partial charge is 0.422 e. The van der Waals surface area contributed by atoms with Crippen molar-refractivity contribution < 1.29 is 19.1 Å².